The van der Waals surface area contributed by atoms with E-state index in [4.69, 9.17) is 4.74 Å². The van der Waals surface area contributed by atoms with E-state index in [1.165, 1.54) is 11.3 Å². The van der Waals surface area contributed by atoms with Gasteiger partial charge in [-0.15, -0.1) is 11.3 Å². The molecular weight excluding hydrogens is 355 g/mol. The number of nitrogens with one attached hydrogen (secondary N) is 1. The quantitative estimate of drug-likeness (QED) is 0.893. The fourth-order valence-corrected chi connectivity index (χ4v) is 3.02. The number of hydrogen-bond donors (Lipinski definition) is 1. The van der Waals surface area contributed by atoms with Crippen LogP contribution >= 0.6 is 11.3 Å². The van der Waals surface area contributed by atoms with E-state index >= 15 is 0 Å². The number of fused-ring (bicyclic) bond motifs is 1. The molecule has 2 heterocycles. The largest absolute Gasteiger partial charge is 0.492 e. The lowest BCUT2D eigenvalue weighted by Gasteiger charge is -2.20. The molecule has 0 saturated carbocycles. The van der Waals surface area contributed by atoms with Gasteiger partial charge in [-0.1, -0.05) is 6.07 Å². The van der Waals surface area contributed by atoms with Gasteiger partial charge in [-0.2, -0.15) is 13.2 Å². The van der Waals surface area contributed by atoms with E-state index in [2.05, 4.69) is 10.3 Å². The predicted octanol–water partition coefficient (Wildman–Crippen LogP) is 3.54. The molecule has 0 unspecified atom stereocenters. The first kappa shape index (κ1) is 17.7. The Balaban J connectivity index is 1.68. The van der Waals surface area contributed by atoms with Gasteiger partial charge in [-0.3, -0.25) is 15.0 Å². The highest BCUT2D eigenvalue weighted by Gasteiger charge is 2.28. The van der Waals surface area contributed by atoms with Crippen molar-refractivity contribution in [3.8, 4) is 5.75 Å². The van der Waals surface area contributed by atoms with Gasteiger partial charge in [0.05, 0.1) is 6.42 Å². The van der Waals surface area contributed by atoms with E-state index < -0.39 is 12.6 Å². The van der Waals surface area contributed by atoms with Crippen molar-refractivity contribution in [2.75, 3.05) is 25.0 Å². The number of ether oxygens (including phenoxy) is 1. The summed E-state index contributed by atoms with van der Waals surface area (Å²) >= 11 is 1.31. The zero-order valence-electron chi connectivity index (χ0n) is 13.2. The van der Waals surface area contributed by atoms with Gasteiger partial charge in [0.15, 0.2) is 5.13 Å². The normalized spacial score (nSPS) is 15.2. The number of benzene rings is 1. The number of amides is 1. The Morgan fingerprint density at radius 3 is 2.96 bits per heavy atom. The number of halogens is 3. The maximum atomic E-state index is 12.4. The van der Waals surface area contributed by atoms with Crippen LogP contribution in [0.4, 0.5) is 18.3 Å². The number of aromatic nitrogens is 1. The molecule has 0 spiro atoms. The van der Waals surface area contributed by atoms with Gasteiger partial charge in [-0.05, 0) is 12.1 Å². The Hall–Kier alpha value is -2.13. The summed E-state index contributed by atoms with van der Waals surface area (Å²) in [5, 5.41) is 4.94. The van der Waals surface area contributed by atoms with Crippen LogP contribution in [0, 0.1) is 0 Å². The van der Waals surface area contributed by atoms with Crippen molar-refractivity contribution in [1.29, 1.82) is 0 Å². The molecule has 0 aliphatic carbocycles. The number of hydrogen-bond acceptors (Lipinski definition) is 5. The Morgan fingerprint density at radius 1 is 1.40 bits per heavy atom. The molecule has 0 saturated heterocycles. The van der Waals surface area contributed by atoms with Gasteiger partial charge >= 0.3 is 6.18 Å². The first-order chi connectivity index (χ1) is 11.9. The molecule has 0 bridgehead atoms. The zero-order valence-corrected chi connectivity index (χ0v) is 14.0. The molecule has 2 aromatic rings. The van der Waals surface area contributed by atoms with Crippen molar-refractivity contribution >= 4 is 22.4 Å². The third kappa shape index (κ3) is 4.93. The standard InChI is InChI=1S/C16H16F3N3O2S/c17-16(18,19)3-5-22-6-7-24-13-9-11(1-2-12(13)10-22)14(23)21-15-20-4-8-25-15/h1-2,4,8-9H,3,5-7,10H2,(H,20,21,23). The monoisotopic (exact) mass is 371 g/mol. The van der Waals surface area contributed by atoms with Crippen molar-refractivity contribution in [1.82, 2.24) is 9.88 Å². The summed E-state index contributed by atoms with van der Waals surface area (Å²) in [6, 6.07) is 4.97. The molecule has 0 radical (unpaired) electrons. The molecule has 1 aromatic carbocycles. The van der Waals surface area contributed by atoms with Crippen LogP contribution in [-0.4, -0.2) is 41.7 Å². The lowest BCUT2D eigenvalue weighted by Crippen LogP contribution is -2.29. The average Bonchev–Trinajstić information content (AvgIpc) is 2.96. The summed E-state index contributed by atoms with van der Waals surface area (Å²) in [6.45, 7) is 0.978. The molecule has 1 aliphatic rings. The number of rotatable bonds is 4. The summed E-state index contributed by atoms with van der Waals surface area (Å²) < 4.78 is 42.8. The molecule has 1 aromatic heterocycles. The summed E-state index contributed by atoms with van der Waals surface area (Å²) in [5.41, 5.74) is 1.18. The summed E-state index contributed by atoms with van der Waals surface area (Å²) in [6.07, 6.45) is -3.43. The fourth-order valence-electron chi connectivity index (χ4n) is 2.50. The predicted molar refractivity (Wildman–Crippen MR) is 88.0 cm³/mol. The molecule has 1 N–H and O–H groups in total. The Morgan fingerprint density at radius 2 is 2.24 bits per heavy atom. The van der Waals surface area contributed by atoms with Crippen LogP contribution in [0.5, 0.6) is 5.75 Å². The minimum Gasteiger partial charge on any atom is -0.492 e. The summed E-state index contributed by atoms with van der Waals surface area (Å²) in [7, 11) is 0. The third-order valence-electron chi connectivity index (χ3n) is 3.75. The van der Waals surface area contributed by atoms with E-state index in [9.17, 15) is 18.0 Å². The van der Waals surface area contributed by atoms with Crippen LogP contribution in [0.15, 0.2) is 29.8 Å². The van der Waals surface area contributed by atoms with Gasteiger partial charge < -0.3 is 4.74 Å². The number of alkyl halides is 3. The van der Waals surface area contributed by atoms with Crippen LogP contribution in [0.2, 0.25) is 0 Å². The highest BCUT2D eigenvalue weighted by atomic mass is 32.1. The lowest BCUT2D eigenvalue weighted by molar-refractivity contribution is -0.138. The molecule has 1 amide bonds. The molecule has 9 heteroatoms. The molecule has 5 nitrogen and oxygen atoms in total. The average molecular weight is 371 g/mol. The second-order valence-electron chi connectivity index (χ2n) is 5.60. The van der Waals surface area contributed by atoms with Crippen molar-refractivity contribution in [2.45, 2.75) is 19.1 Å². The number of carbonyl (C=O) groups is 1. The first-order valence-corrected chi connectivity index (χ1v) is 8.54. The highest BCUT2D eigenvalue weighted by Crippen LogP contribution is 2.27. The SMILES string of the molecule is O=C(Nc1nccs1)c1ccc2c(c1)OCCN(CCC(F)(F)F)C2. The van der Waals surface area contributed by atoms with Crippen LogP contribution in [0.1, 0.15) is 22.3 Å². The van der Waals surface area contributed by atoms with Crippen molar-refractivity contribution in [2.24, 2.45) is 0 Å². The molecule has 3 rings (SSSR count). The minimum absolute atomic E-state index is 0.0708. The summed E-state index contributed by atoms with van der Waals surface area (Å²) in [5.74, 6) is 0.223. The van der Waals surface area contributed by atoms with Crippen LogP contribution in [0.25, 0.3) is 0 Å². The van der Waals surface area contributed by atoms with Crippen LogP contribution < -0.4 is 10.1 Å². The van der Waals surface area contributed by atoms with Gasteiger partial charge in [-0.25, -0.2) is 4.98 Å². The van der Waals surface area contributed by atoms with Crippen molar-refractivity contribution in [3.05, 3.63) is 40.9 Å². The number of thiazole rings is 1. The molecule has 134 valence electrons. The lowest BCUT2D eigenvalue weighted by atomic mass is 10.1. The fraction of sp³-hybridized carbons (Fsp3) is 0.375. The molecule has 1 aliphatic heterocycles. The number of carbonyl (C=O) groups excluding carboxylic acids is 1. The number of anilines is 1. The molecule has 0 fully saturated rings. The van der Waals surface area contributed by atoms with Crippen molar-refractivity contribution in [3.63, 3.8) is 0 Å². The topological polar surface area (TPSA) is 54.5 Å². The molecular formula is C16H16F3N3O2S. The van der Waals surface area contributed by atoms with E-state index in [-0.39, 0.29) is 19.1 Å². The van der Waals surface area contributed by atoms with E-state index in [1.54, 1.807) is 34.7 Å². The van der Waals surface area contributed by atoms with Gasteiger partial charge in [0.2, 0.25) is 0 Å². The highest BCUT2D eigenvalue weighted by molar-refractivity contribution is 7.13. The smallest absolute Gasteiger partial charge is 0.390 e. The van der Waals surface area contributed by atoms with E-state index in [0.29, 0.717) is 29.5 Å². The van der Waals surface area contributed by atoms with Gasteiger partial charge in [0, 0.05) is 42.3 Å². The van der Waals surface area contributed by atoms with Crippen molar-refractivity contribution < 1.29 is 22.7 Å². The second kappa shape index (κ2) is 7.40. The second-order valence-corrected chi connectivity index (χ2v) is 6.50. The Labute approximate surface area is 146 Å². The zero-order chi connectivity index (χ0) is 17.9. The Bertz CT molecular complexity index is 735. The van der Waals surface area contributed by atoms with Gasteiger partial charge in [0.1, 0.15) is 12.4 Å². The maximum Gasteiger partial charge on any atom is 0.390 e. The third-order valence-corrected chi connectivity index (χ3v) is 4.44. The van der Waals surface area contributed by atoms with Crippen LogP contribution in [-0.2, 0) is 6.54 Å². The van der Waals surface area contributed by atoms with E-state index in [1.807, 2.05) is 0 Å². The first-order valence-electron chi connectivity index (χ1n) is 7.66. The van der Waals surface area contributed by atoms with E-state index in [0.717, 1.165) is 5.56 Å². The minimum atomic E-state index is -4.17. The summed E-state index contributed by atoms with van der Waals surface area (Å²) in [4.78, 5) is 17.9. The Kier molecular flexibility index (Phi) is 5.24. The molecule has 25 heavy (non-hydrogen) atoms. The van der Waals surface area contributed by atoms with Gasteiger partial charge in [0.25, 0.3) is 5.91 Å². The maximum absolute atomic E-state index is 12.4. The van der Waals surface area contributed by atoms with Crippen LogP contribution in [0.3, 0.4) is 0 Å². The number of nitrogens with zero attached hydrogens (tertiary/aromatic N) is 2. The molecule has 0 atom stereocenters.